The number of hydrogen-bond acceptors (Lipinski definition) is 3. The number of aryl methyl sites for hydroxylation is 1. The minimum Gasteiger partial charge on any atom is -0.336 e. The Kier molecular flexibility index (Phi) is 6.52. The molecule has 1 saturated heterocycles. The Labute approximate surface area is 157 Å². The summed E-state index contributed by atoms with van der Waals surface area (Å²) < 4.78 is 1.94. The lowest BCUT2D eigenvalue weighted by molar-refractivity contribution is -0.134. The van der Waals surface area contributed by atoms with E-state index in [0.717, 1.165) is 12.4 Å². The molecular weight excluding hydrogens is 371 g/mol. The van der Waals surface area contributed by atoms with Gasteiger partial charge in [-0.15, -0.1) is 12.4 Å². The fourth-order valence-electron chi connectivity index (χ4n) is 2.89. The van der Waals surface area contributed by atoms with E-state index < -0.39 is 0 Å². The maximum atomic E-state index is 12.8. The van der Waals surface area contributed by atoms with Crippen LogP contribution in [0.4, 0.5) is 0 Å². The Morgan fingerprint density at radius 2 is 2.08 bits per heavy atom. The molecule has 1 aromatic carbocycles. The van der Waals surface area contributed by atoms with Crippen LogP contribution in [-0.4, -0.2) is 40.0 Å². The van der Waals surface area contributed by atoms with Crippen LogP contribution >= 0.6 is 35.6 Å². The van der Waals surface area contributed by atoms with Crippen LogP contribution in [-0.2, 0) is 18.3 Å². The normalized spacial score (nSPS) is 17.5. The Morgan fingerprint density at radius 3 is 2.71 bits per heavy atom. The van der Waals surface area contributed by atoms with E-state index in [1.165, 1.54) is 0 Å². The van der Waals surface area contributed by atoms with Crippen LogP contribution in [0.1, 0.15) is 17.4 Å². The second kappa shape index (κ2) is 8.21. The van der Waals surface area contributed by atoms with Gasteiger partial charge in [0.1, 0.15) is 11.9 Å². The van der Waals surface area contributed by atoms with Gasteiger partial charge >= 0.3 is 0 Å². The number of piperazine rings is 1. The monoisotopic (exact) mass is 388 g/mol. The van der Waals surface area contributed by atoms with Gasteiger partial charge in [-0.05, 0) is 17.7 Å². The predicted molar refractivity (Wildman–Crippen MR) is 97.9 cm³/mol. The summed E-state index contributed by atoms with van der Waals surface area (Å²) >= 11 is 12.4. The van der Waals surface area contributed by atoms with Crippen LogP contribution in [0.15, 0.2) is 30.6 Å². The molecule has 8 heteroatoms. The van der Waals surface area contributed by atoms with E-state index in [9.17, 15) is 4.79 Å². The van der Waals surface area contributed by atoms with Gasteiger partial charge in [-0.2, -0.15) is 0 Å². The third-order valence-corrected chi connectivity index (χ3v) is 4.82. The SMILES string of the molecule is Cl.Cn1ccnc1C1CNCCN1C(=O)Cc1c(Cl)cccc1Cl. The van der Waals surface area contributed by atoms with Gasteiger partial charge < -0.3 is 14.8 Å². The number of nitrogens with one attached hydrogen (secondary N) is 1. The van der Waals surface area contributed by atoms with Gasteiger partial charge in [0.05, 0.1) is 6.42 Å². The summed E-state index contributed by atoms with van der Waals surface area (Å²) in [4.78, 5) is 19.1. The van der Waals surface area contributed by atoms with E-state index in [1.54, 1.807) is 24.4 Å². The van der Waals surface area contributed by atoms with Crippen molar-refractivity contribution in [2.24, 2.45) is 7.05 Å². The molecular formula is C16H19Cl3N4O. The largest absolute Gasteiger partial charge is 0.336 e. The first-order valence-electron chi connectivity index (χ1n) is 7.48. The smallest absolute Gasteiger partial charge is 0.227 e. The highest BCUT2D eigenvalue weighted by Gasteiger charge is 2.30. The van der Waals surface area contributed by atoms with Gasteiger partial charge in [-0.3, -0.25) is 4.79 Å². The first-order chi connectivity index (χ1) is 11.1. The van der Waals surface area contributed by atoms with E-state index in [2.05, 4.69) is 10.3 Å². The topological polar surface area (TPSA) is 50.2 Å². The van der Waals surface area contributed by atoms with E-state index in [1.807, 2.05) is 22.7 Å². The summed E-state index contributed by atoms with van der Waals surface area (Å²) in [5, 5.41) is 4.37. The lowest BCUT2D eigenvalue weighted by Gasteiger charge is -2.36. The number of hydrogen-bond donors (Lipinski definition) is 1. The van der Waals surface area contributed by atoms with E-state index in [4.69, 9.17) is 23.2 Å². The van der Waals surface area contributed by atoms with Crippen LogP contribution in [0.25, 0.3) is 0 Å². The average Bonchev–Trinajstić information content (AvgIpc) is 2.97. The Balaban J connectivity index is 0.00000208. The Hall–Kier alpha value is -1.27. The molecule has 0 radical (unpaired) electrons. The molecule has 130 valence electrons. The van der Waals surface area contributed by atoms with Crippen molar-refractivity contribution in [1.29, 1.82) is 0 Å². The van der Waals surface area contributed by atoms with Crippen LogP contribution in [0.3, 0.4) is 0 Å². The Bertz CT molecular complexity index is 699. The van der Waals surface area contributed by atoms with Gasteiger partial charge in [0.15, 0.2) is 0 Å². The zero-order valence-corrected chi connectivity index (χ0v) is 15.5. The highest BCUT2D eigenvalue weighted by Crippen LogP contribution is 2.27. The van der Waals surface area contributed by atoms with Crippen LogP contribution < -0.4 is 5.32 Å². The number of nitrogens with zero attached hydrogens (tertiary/aromatic N) is 3. The van der Waals surface area contributed by atoms with Gasteiger partial charge in [0.2, 0.25) is 5.91 Å². The van der Waals surface area contributed by atoms with Crippen molar-refractivity contribution >= 4 is 41.5 Å². The second-order valence-electron chi connectivity index (χ2n) is 5.58. The quantitative estimate of drug-likeness (QED) is 0.878. The van der Waals surface area contributed by atoms with Gasteiger partial charge in [-0.1, -0.05) is 29.3 Å². The molecule has 1 N–H and O–H groups in total. The maximum Gasteiger partial charge on any atom is 0.227 e. The first kappa shape index (κ1) is 19.1. The van der Waals surface area contributed by atoms with Gasteiger partial charge in [0, 0.05) is 49.1 Å². The van der Waals surface area contributed by atoms with Crippen molar-refractivity contribution in [3.8, 4) is 0 Å². The lowest BCUT2D eigenvalue weighted by Crippen LogP contribution is -2.49. The zero-order valence-electron chi connectivity index (χ0n) is 13.2. The lowest BCUT2D eigenvalue weighted by atomic mass is 10.1. The molecule has 0 spiro atoms. The van der Waals surface area contributed by atoms with Crippen LogP contribution in [0.2, 0.25) is 10.0 Å². The molecule has 1 amide bonds. The van der Waals surface area contributed by atoms with Gasteiger partial charge in [0.25, 0.3) is 0 Å². The van der Waals surface area contributed by atoms with Crippen molar-refractivity contribution < 1.29 is 4.79 Å². The molecule has 2 heterocycles. The summed E-state index contributed by atoms with van der Waals surface area (Å²) in [6.07, 6.45) is 3.83. The van der Waals surface area contributed by atoms with Gasteiger partial charge in [-0.25, -0.2) is 4.98 Å². The summed E-state index contributed by atoms with van der Waals surface area (Å²) in [6.45, 7) is 2.09. The number of carbonyl (C=O) groups is 1. The third kappa shape index (κ3) is 3.86. The summed E-state index contributed by atoms with van der Waals surface area (Å²) in [6, 6.07) is 5.20. The fraction of sp³-hybridized carbons (Fsp3) is 0.375. The van der Waals surface area contributed by atoms with Crippen LogP contribution in [0.5, 0.6) is 0 Å². The molecule has 1 aliphatic rings. The minimum absolute atomic E-state index is 0. The molecule has 5 nitrogen and oxygen atoms in total. The third-order valence-electron chi connectivity index (χ3n) is 4.11. The zero-order chi connectivity index (χ0) is 16.4. The number of imidazole rings is 1. The summed E-state index contributed by atoms with van der Waals surface area (Å²) in [5.74, 6) is 0.880. The minimum atomic E-state index is -0.0856. The van der Waals surface area contributed by atoms with Crippen molar-refractivity contribution in [2.45, 2.75) is 12.5 Å². The number of halogens is 3. The number of aromatic nitrogens is 2. The molecule has 1 unspecified atom stereocenters. The predicted octanol–water partition coefficient (Wildman–Crippen LogP) is 2.86. The van der Waals surface area contributed by atoms with Crippen molar-refractivity contribution in [1.82, 2.24) is 19.8 Å². The first-order valence-corrected chi connectivity index (χ1v) is 8.24. The summed E-state index contributed by atoms with van der Waals surface area (Å²) in [7, 11) is 1.94. The highest BCUT2D eigenvalue weighted by molar-refractivity contribution is 6.36. The van der Waals surface area contributed by atoms with Crippen molar-refractivity contribution in [2.75, 3.05) is 19.6 Å². The van der Waals surface area contributed by atoms with E-state index in [-0.39, 0.29) is 30.8 Å². The number of amides is 1. The standard InChI is InChI=1S/C16H18Cl2N4O.ClH/c1-21-7-6-20-16(21)14-10-19-5-8-22(14)15(23)9-11-12(17)3-2-4-13(11)18;/h2-4,6-7,14,19H,5,8-10H2,1H3;1H. The van der Waals surface area contributed by atoms with Crippen molar-refractivity contribution in [3.63, 3.8) is 0 Å². The van der Waals surface area contributed by atoms with E-state index >= 15 is 0 Å². The fourth-order valence-corrected chi connectivity index (χ4v) is 3.42. The number of benzene rings is 1. The maximum absolute atomic E-state index is 12.8. The van der Waals surface area contributed by atoms with Crippen LogP contribution in [0, 0.1) is 0 Å². The van der Waals surface area contributed by atoms with Crippen molar-refractivity contribution in [3.05, 3.63) is 52.0 Å². The highest BCUT2D eigenvalue weighted by atomic mass is 35.5. The molecule has 0 bridgehead atoms. The Morgan fingerprint density at radius 1 is 1.38 bits per heavy atom. The van der Waals surface area contributed by atoms with E-state index in [0.29, 0.717) is 28.7 Å². The average molecular weight is 390 g/mol. The molecule has 0 saturated carbocycles. The molecule has 2 aromatic rings. The molecule has 0 aliphatic carbocycles. The molecule has 1 aliphatic heterocycles. The molecule has 1 aromatic heterocycles. The molecule has 1 fully saturated rings. The molecule has 3 rings (SSSR count). The molecule has 24 heavy (non-hydrogen) atoms. The number of rotatable bonds is 3. The second-order valence-corrected chi connectivity index (χ2v) is 6.39. The number of carbonyl (C=O) groups excluding carboxylic acids is 1. The summed E-state index contributed by atoms with van der Waals surface area (Å²) in [5.41, 5.74) is 0.679. The molecule has 1 atom stereocenters.